The Morgan fingerprint density at radius 1 is 1.12 bits per heavy atom. The lowest BCUT2D eigenvalue weighted by Crippen LogP contribution is -2.59. The van der Waals surface area contributed by atoms with Crippen LogP contribution in [0, 0.1) is 40.4 Å². The molecule has 0 aromatic rings. The van der Waals surface area contributed by atoms with Gasteiger partial charge in [0.1, 0.15) is 11.4 Å². The molecule has 6 heteroatoms. The molecule has 0 aromatic carbocycles. The van der Waals surface area contributed by atoms with E-state index in [4.69, 9.17) is 0 Å². The fourth-order valence-electron chi connectivity index (χ4n) is 7.76. The van der Waals surface area contributed by atoms with Gasteiger partial charge in [0, 0.05) is 29.6 Å². The van der Waals surface area contributed by atoms with Gasteiger partial charge in [0.15, 0.2) is 11.5 Å². The highest BCUT2D eigenvalue weighted by atomic mass is 16.3. The van der Waals surface area contributed by atoms with Crippen LogP contribution in [-0.2, 0) is 14.4 Å². The van der Waals surface area contributed by atoms with Gasteiger partial charge >= 0.3 is 0 Å². The van der Waals surface area contributed by atoms with E-state index < -0.39 is 39.7 Å². The molecule has 2 saturated carbocycles. The van der Waals surface area contributed by atoms with Gasteiger partial charge in [-0.15, -0.1) is 0 Å². The lowest BCUT2D eigenvalue weighted by molar-refractivity contribution is -0.161. The van der Waals surface area contributed by atoms with E-state index in [9.17, 15) is 29.7 Å². The van der Waals surface area contributed by atoms with Crippen molar-refractivity contribution in [3.63, 3.8) is 0 Å². The highest BCUT2D eigenvalue weighted by Gasteiger charge is 2.67. The van der Waals surface area contributed by atoms with Crippen LogP contribution in [0.15, 0.2) is 35.6 Å². The molecule has 0 bridgehead atoms. The Morgan fingerprint density at radius 3 is 2.38 bits per heavy atom. The number of carbonyl (C=O) groups excluding carboxylic acids is 3. The monoisotopic (exact) mass is 470 g/mol. The van der Waals surface area contributed by atoms with Gasteiger partial charge in [-0.25, -0.2) is 0 Å². The van der Waals surface area contributed by atoms with E-state index in [0.717, 1.165) is 12.0 Å². The summed E-state index contributed by atoms with van der Waals surface area (Å²) in [7, 11) is 0. The molecule has 0 aliphatic heterocycles. The largest absolute Gasteiger partial charge is 0.505 e. The standard InChI is InChI=1S/C28H38O6/c1-15-16-7-8-18-17-9-10-21(28(6,34)22(30)11-12-25(2,3)33)26(17,4)14-23(31)27(18,5)19(16)13-20(29)24(15)32/h7,11-13,15,17-19,21,29,33-34H,8-10,14H2,1-6H3. The first-order valence-electron chi connectivity index (χ1n) is 12.4. The normalized spacial score (nSPS) is 41.8. The third-order valence-electron chi connectivity index (χ3n) is 9.71. The average molecular weight is 471 g/mol. The molecule has 2 fully saturated rings. The molecule has 0 amide bonds. The van der Waals surface area contributed by atoms with Crippen LogP contribution in [0.4, 0.5) is 0 Å². The lowest BCUT2D eigenvalue weighted by atomic mass is 9.44. The van der Waals surface area contributed by atoms with E-state index in [1.807, 2.05) is 13.8 Å². The Balaban J connectivity index is 1.70. The summed E-state index contributed by atoms with van der Waals surface area (Å²) in [5, 5.41) is 31.7. The van der Waals surface area contributed by atoms with Crippen molar-refractivity contribution in [2.45, 2.75) is 78.4 Å². The van der Waals surface area contributed by atoms with Crippen molar-refractivity contribution in [1.29, 1.82) is 0 Å². The first kappa shape index (κ1) is 25.1. The van der Waals surface area contributed by atoms with Gasteiger partial charge in [0.2, 0.25) is 5.78 Å². The molecule has 4 aliphatic carbocycles. The molecule has 0 aromatic heterocycles. The Morgan fingerprint density at radius 2 is 1.76 bits per heavy atom. The zero-order valence-electron chi connectivity index (χ0n) is 21.1. The number of aliphatic hydroxyl groups excluding tert-OH is 1. The number of aliphatic hydroxyl groups is 3. The van der Waals surface area contributed by atoms with Crippen molar-refractivity contribution < 1.29 is 29.7 Å². The summed E-state index contributed by atoms with van der Waals surface area (Å²) in [5.74, 6) is -1.96. The average Bonchev–Trinajstić information content (AvgIpc) is 3.07. The van der Waals surface area contributed by atoms with Crippen LogP contribution in [-0.4, -0.2) is 43.9 Å². The number of ketones is 3. The number of rotatable bonds is 4. The van der Waals surface area contributed by atoms with Crippen molar-refractivity contribution in [1.82, 2.24) is 0 Å². The molecular weight excluding hydrogens is 432 g/mol. The second-order valence-electron chi connectivity index (χ2n) is 12.3. The van der Waals surface area contributed by atoms with Crippen LogP contribution in [0.5, 0.6) is 0 Å². The third kappa shape index (κ3) is 3.48. The molecule has 3 N–H and O–H groups in total. The van der Waals surface area contributed by atoms with Gasteiger partial charge in [-0.2, -0.15) is 0 Å². The summed E-state index contributed by atoms with van der Waals surface area (Å²) < 4.78 is 0. The number of hydrogen-bond donors (Lipinski definition) is 3. The first-order valence-corrected chi connectivity index (χ1v) is 12.4. The maximum Gasteiger partial charge on any atom is 0.203 e. The van der Waals surface area contributed by atoms with Crippen molar-refractivity contribution >= 4 is 17.3 Å². The minimum Gasteiger partial charge on any atom is -0.505 e. The molecule has 0 heterocycles. The maximum absolute atomic E-state index is 13.9. The fraction of sp³-hybridized carbons (Fsp3) is 0.679. The quantitative estimate of drug-likeness (QED) is 0.425. The van der Waals surface area contributed by atoms with E-state index >= 15 is 0 Å². The van der Waals surface area contributed by atoms with Crippen LogP contribution < -0.4 is 0 Å². The molecule has 0 saturated heterocycles. The number of hydrogen-bond acceptors (Lipinski definition) is 6. The molecule has 8 unspecified atom stereocenters. The molecule has 0 spiro atoms. The summed E-state index contributed by atoms with van der Waals surface area (Å²) in [4.78, 5) is 39.3. The van der Waals surface area contributed by atoms with Crippen LogP contribution in [0.1, 0.15) is 67.2 Å². The number of carbonyl (C=O) groups is 3. The van der Waals surface area contributed by atoms with E-state index in [1.54, 1.807) is 26.8 Å². The number of allylic oxidation sites excluding steroid dienone is 4. The second kappa shape index (κ2) is 7.72. The molecule has 0 radical (unpaired) electrons. The maximum atomic E-state index is 13.9. The van der Waals surface area contributed by atoms with E-state index in [2.05, 4.69) is 6.08 Å². The fourth-order valence-corrected chi connectivity index (χ4v) is 7.76. The van der Waals surface area contributed by atoms with Crippen molar-refractivity contribution in [3.8, 4) is 0 Å². The van der Waals surface area contributed by atoms with Gasteiger partial charge in [-0.1, -0.05) is 38.5 Å². The zero-order chi connectivity index (χ0) is 25.4. The van der Waals surface area contributed by atoms with Gasteiger partial charge in [-0.3, -0.25) is 14.4 Å². The van der Waals surface area contributed by atoms with Gasteiger partial charge in [0.05, 0.1) is 5.60 Å². The van der Waals surface area contributed by atoms with Crippen LogP contribution in [0.25, 0.3) is 0 Å². The summed E-state index contributed by atoms with van der Waals surface area (Å²) in [5.41, 5.74) is -3.18. The smallest absolute Gasteiger partial charge is 0.203 e. The second-order valence-corrected chi connectivity index (χ2v) is 12.3. The predicted octanol–water partition coefficient (Wildman–Crippen LogP) is 3.87. The molecule has 34 heavy (non-hydrogen) atoms. The van der Waals surface area contributed by atoms with Crippen molar-refractivity contribution in [2.75, 3.05) is 0 Å². The summed E-state index contributed by atoms with van der Waals surface area (Å²) in [6, 6.07) is 0. The zero-order valence-corrected chi connectivity index (χ0v) is 21.1. The molecule has 4 rings (SSSR count). The number of fused-ring (bicyclic) bond motifs is 5. The number of Topliss-reactive ketones (excluding diaryl/α,β-unsaturated/α-hetero) is 2. The van der Waals surface area contributed by atoms with Crippen LogP contribution in [0.3, 0.4) is 0 Å². The molecule has 8 atom stereocenters. The summed E-state index contributed by atoms with van der Waals surface area (Å²) in [6.07, 6.45) is 8.66. The topological polar surface area (TPSA) is 112 Å². The molecule has 186 valence electrons. The Hall–Kier alpha value is -2.05. The predicted molar refractivity (Wildman–Crippen MR) is 128 cm³/mol. The van der Waals surface area contributed by atoms with E-state index in [1.165, 1.54) is 19.1 Å². The molecular formula is C28H38O6. The molecule has 4 aliphatic rings. The Bertz CT molecular complexity index is 1020. The first-order chi connectivity index (χ1) is 15.5. The van der Waals surface area contributed by atoms with Crippen LogP contribution in [0.2, 0.25) is 0 Å². The highest BCUT2D eigenvalue weighted by Crippen LogP contribution is 2.67. The Labute approximate surface area is 201 Å². The minimum atomic E-state index is -1.65. The summed E-state index contributed by atoms with van der Waals surface area (Å²) >= 11 is 0. The van der Waals surface area contributed by atoms with Crippen LogP contribution >= 0.6 is 0 Å². The SMILES string of the molecule is CC1C(=O)C(O)=CC2C1=CCC1C3CCC(C(C)(O)C(=O)C=CC(C)(C)O)C3(C)CC(=O)C21C. The van der Waals surface area contributed by atoms with Crippen molar-refractivity contribution in [3.05, 3.63) is 35.6 Å². The van der Waals surface area contributed by atoms with Gasteiger partial charge in [-0.05, 0) is 69.4 Å². The van der Waals surface area contributed by atoms with Gasteiger partial charge in [0.25, 0.3) is 0 Å². The minimum absolute atomic E-state index is 0.000212. The van der Waals surface area contributed by atoms with Gasteiger partial charge < -0.3 is 15.3 Å². The van der Waals surface area contributed by atoms with Crippen molar-refractivity contribution in [2.24, 2.45) is 40.4 Å². The highest BCUT2D eigenvalue weighted by molar-refractivity contribution is 5.99. The third-order valence-corrected chi connectivity index (χ3v) is 9.71. The Kier molecular flexibility index (Phi) is 5.69. The van der Waals surface area contributed by atoms with E-state index in [-0.39, 0.29) is 41.5 Å². The summed E-state index contributed by atoms with van der Waals surface area (Å²) in [6.45, 7) is 10.5. The van der Waals surface area contributed by atoms with E-state index in [0.29, 0.717) is 12.8 Å². The lowest BCUT2D eigenvalue weighted by Gasteiger charge is -2.58. The molecule has 6 nitrogen and oxygen atoms in total.